The molecule has 0 heterocycles. The maximum atomic E-state index is 14.8. The predicted octanol–water partition coefficient (Wildman–Crippen LogP) is 4.89. The fourth-order valence-corrected chi connectivity index (χ4v) is 3.90. The molecule has 0 amide bonds. The molecule has 3 aromatic carbocycles. The van der Waals surface area contributed by atoms with Crippen LogP contribution >= 0.6 is 11.6 Å². The van der Waals surface area contributed by atoms with Crippen LogP contribution in [-0.2, 0) is 10.0 Å². The molecule has 29 heavy (non-hydrogen) atoms. The second-order valence-corrected chi connectivity index (χ2v) is 7.83. The van der Waals surface area contributed by atoms with Crippen molar-refractivity contribution >= 4 is 21.6 Å². The minimum Gasteiger partial charge on any atom is -0.495 e. The lowest BCUT2D eigenvalue weighted by Gasteiger charge is -2.17. The van der Waals surface area contributed by atoms with Gasteiger partial charge in [-0.25, -0.2) is 31.1 Å². The summed E-state index contributed by atoms with van der Waals surface area (Å²) in [4.78, 5) is -0.592. The highest BCUT2D eigenvalue weighted by Gasteiger charge is 2.30. The molecule has 10 heteroatoms. The monoisotopic (exact) mass is 445 g/mol. The third-order valence-corrected chi connectivity index (χ3v) is 5.43. The van der Waals surface area contributed by atoms with Gasteiger partial charge in [-0.2, -0.15) is 0 Å². The third-order valence-electron chi connectivity index (χ3n) is 4.17. The van der Waals surface area contributed by atoms with E-state index in [1.54, 1.807) is 0 Å². The van der Waals surface area contributed by atoms with Gasteiger partial charge in [0.15, 0.2) is 23.3 Å². The Morgan fingerprint density at radius 3 is 2.03 bits per heavy atom. The first-order valence-corrected chi connectivity index (χ1v) is 9.82. The minimum atomic E-state index is -4.40. The maximum absolute atomic E-state index is 14.8. The third kappa shape index (κ3) is 3.68. The van der Waals surface area contributed by atoms with Gasteiger partial charge in [-0.3, -0.25) is 0 Å². The molecular weight excluding hydrogens is 434 g/mol. The van der Waals surface area contributed by atoms with Crippen LogP contribution in [0.25, 0.3) is 22.3 Å². The zero-order valence-electron chi connectivity index (χ0n) is 14.6. The van der Waals surface area contributed by atoms with Crippen molar-refractivity contribution < 1.29 is 30.7 Å². The van der Waals surface area contributed by atoms with Crippen molar-refractivity contribution in [2.45, 2.75) is 4.90 Å². The van der Waals surface area contributed by atoms with Crippen LogP contribution in [0, 0.1) is 23.3 Å². The van der Waals surface area contributed by atoms with E-state index < -0.39 is 54.9 Å². The number of sulfonamides is 1. The number of nitrogens with two attached hydrogens (primary N) is 1. The van der Waals surface area contributed by atoms with Gasteiger partial charge < -0.3 is 4.74 Å². The quantitative estimate of drug-likeness (QED) is 0.353. The Morgan fingerprint density at radius 2 is 1.48 bits per heavy atom. The minimum absolute atomic E-state index is 0.0137. The average molecular weight is 446 g/mol. The first-order chi connectivity index (χ1) is 13.6. The largest absolute Gasteiger partial charge is 0.495 e. The fourth-order valence-electron chi connectivity index (χ4n) is 2.90. The molecule has 3 rings (SSSR count). The molecule has 0 bridgehead atoms. The predicted molar refractivity (Wildman–Crippen MR) is 100 cm³/mol. The van der Waals surface area contributed by atoms with E-state index in [1.807, 2.05) is 0 Å². The van der Waals surface area contributed by atoms with E-state index in [2.05, 4.69) is 0 Å². The molecule has 152 valence electrons. The van der Waals surface area contributed by atoms with Gasteiger partial charge in [-0.05, 0) is 23.8 Å². The number of ether oxygens (including phenoxy) is 1. The number of hydrogen-bond acceptors (Lipinski definition) is 3. The van der Waals surface area contributed by atoms with Crippen LogP contribution in [0.3, 0.4) is 0 Å². The van der Waals surface area contributed by atoms with Gasteiger partial charge in [0.25, 0.3) is 0 Å². The van der Waals surface area contributed by atoms with Gasteiger partial charge in [0.05, 0.1) is 17.0 Å². The lowest BCUT2D eigenvalue weighted by molar-refractivity contribution is 0.412. The van der Waals surface area contributed by atoms with Crippen LogP contribution < -0.4 is 9.88 Å². The summed E-state index contributed by atoms with van der Waals surface area (Å²) in [6, 6.07) is 8.44. The van der Waals surface area contributed by atoms with Crippen molar-refractivity contribution in [3.8, 4) is 28.0 Å². The van der Waals surface area contributed by atoms with Crippen LogP contribution in [0.1, 0.15) is 0 Å². The van der Waals surface area contributed by atoms with Gasteiger partial charge in [0.2, 0.25) is 10.0 Å². The number of methoxy groups -OCH3 is 1. The van der Waals surface area contributed by atoms with Gasteiger partial charge in [-0.15, -0.1) is 0 Å². The molecule has 0 aliphatic heterocycles. The van der Waals surface area contributed by atoms with E-state index in [0.717, 1.165) is 18.2 Å². The summed E-state index contributed by atoms with van der Waals surface area (Å²) in [5.41, 5.74) is -2.10. The standard InChI is InChI=1S/C19H12ClF4NO3S/c1-28-12-7-6-9(8-11(12)20)14-15(17(22)19(24)18(23)16(14)21)10-4-2-3-5-13(10)29(25,26)27/h2-8H,1H3,(H2,25,26,27). The molecule has 0 spiro atoms. The normalized spacial score (nSPS) is 11.6. The molecule has 0 saturated heterocycles. The summed E-state index contributed by atoms with van der Waals surface area (Å²) in [6.45, 7) is 0. The molecule has 2 N–H and O–H groups in total. The molecule has 0 atom stereocenters. The van der Waals surface area contributed by atoms with Crippen molar-refractivity contribution in [2.24, 2.45) is 5.14 Å². The maximum Gasteiger partial charge on any atom is 0.238 e. The molecule has 0 unspecified atom stereocenters. The zero-order chi connectivity index (χ0) is 21.5. The summed E-state index contributed by atoms with van der Waals surface area (Å²) in [5, 5.41) is 5.14. The van der Waals surface area contributed by atoms with Crippen LogP contribution in [0.2, 0.25) is 5.02 Å². The van der Waals surface area contributed by atoms with Crippen molar-refractivity contribution in [2.75, 3.05) is 7.11 Å². The highest BCUT2D eigenvalue weighted by atomic mass is 35.5. The van der Waals surface area contributed by atoms with Crippen LogP contribution in [0.5, 0.6) is 5.75 Å². The van der Waals surface area contributed by atoms with E-state index in [4.69, 9.17) is 21.5 Å². The van der Waals surface area contributed by atoms with E-state index >= 15 is 0 Å². The van der Waals surface area contributed by atoms with Crippen molar-refractivity contribution in [3.63, 3.8) is 0 Å². The van der Waals surface area contributed by atoms with Gasteiger partial charge in [-0.1, -0.05) is 35.9 Å². The smallest absolute Gasteiger partial charge is 0.238 e. The average Bonchev–Trinajstić information content (AvgIpc) is 2.68. The number of halogens is 5. The van der Waals surface area contributed by atoms with Gasteiger partial charge in [0, 0.05) is 16.7 Å². The summed E-state index contributed by atoms with van der Waals surface area (Å²) in [7, 11) is -3.08. The first kappa shape index (κ1) is 21.1. The summed E-state index contributed by atoms with van der Waals surface area (Å²) in [6.07, 6.45) is 0. The van der Waals surface area contributed by atoms with Crippen molar-refractivity contribution in [1.82, 2.24) is 0 Å². The number of rotatable bonds is 4. The Kier molecular flexibility index (Phi) is 5.57. The zero-order valence-corrected chi connectivity index (χ0v) is 16.2. The lowest BCUT2D eigenvalue weighted by Crippen LogP contribution is -2.14. The Morgan fingerprint density at radius 1 is 0.897 bits per heavy atom. The topological polar surface area (TPSA) is 69.4 Å². The Bertz CT molecular complexity index is 1230. The van der Waals surface area contributed by atoms with E-state index in [0.29, 0.717) is 0 Å². The fraction of sp³-hybridized carbons (Fsp3) is 0.0526. The van der Waals surface area contributed by atoms with Crippen LogP contribution in [0.15, 0.2) is 47.4 Å². The first-order valence-electron chi connectivity index (χ1n) is 7.90. The molecule has 4 nitrogen and oxygen atoms in total. The lowest BCUT2D eigenvalue weighted by atomic mass is 9.92. The van der Waals surface area contributed by atoms with Crippen molar-refractivity contribution in [1.29, 1.82) is 0 Å². The number of hydrogen-bond donors (Lipinski definition) is 1. The number of benzene rings is 3. The summed E-state index contributed by atoms with van der Waals surface area (Å²) in [5.74, 6) is -7.44. The molecule has 0 aromatic heterocycles. The highest BCUT2D eigenvalue weighted by Crippen LogP contribution is 2.42. The second kappa shape index (κ2) is 7.66. The highest BCUT2D eigenvalue weighted by molar-refractivity contribution is 7.89. The molecule has 0 fully saturated rings. The summed E-state index contributed by atoms with van der Waals surface area (Å²) >= 11 is 6.02. The molecule has 0 aliphatic carbocycles. The molecular formula is C19H12ClF4NO3S. The molecule has 0 aliphatic rings. The Balaban J connectivity index is 2.48. The van der Waals surface area contributed by atoms with Gasteiger partial charge in [0.1, 0.15) is 5.75 Å². The van der Waals surface area contributed by atoms with Crippen molar-refractivity contribution in [3.05, 3.63) is 70.8 Å². The summed E-state index contributed by atoms with van der Waals surface area (Å²) < 4.78 is 86.5. The van der Waals surface area contributed by atoms with E-state index in [1.165, 1.54) is 31.4 Å². The molecule has 3 aromatic rings. The SMILES string of the molecule is COc1ccc(-c2c(F)c(F)c(F)c(F)c2-c2ccccc2S(N)(=O)=O)cc1Cl. The van der Waals surface area contributed by atoms with Gasteiger partial charge >= 0.3 is 0 Å². The molecule has 0 saturated carbocycles. The Labute approximate surface area is 168 Å². The second-order valence-electron chi connectivity index (χ2n) is 5.90. The Hall–Kier alpha value is -2.62. The molecule has 0 radical (unpaired) electrons. The number of primary sulfonamides is 1. The van der Waals surface area contributed by atoms with Crippen LogP contribution in [0.4, 0.5) is 17.6 Å². The van der Waals surface area contributed by atoms with Crippen LogP contribution in [-0.4, -0.2) is 15.5 Å². The van der Waals surface area contributed by atoms with E-state index in [9.17, 15) is 26.0 Å². The van der Waals surface area contributed by atoms with E-state index in [-0.39, 0.29) is 16.3 Å².